The van der Waals surface area contributed by atoms with Gasteiger partial charge >= 0.3 is 11.9 Å². The zero-order chi connectivity index (χ0) is 8.85. The molecule has 0 heterocycles. The topological polar surface area (TPSA) is 74.6 Å². The highest BCUT2D eigenvalue weighted by atomic mass is 19.1. The monoisotopic (exact) mass is 164 g/mol. The summed E-state index contributed by atoms with van der Waals surface area (Å²) in [4.78, 5) is 19.7. The summed E-state index contributed by atoms with van der Waals surface area (Å²) in [5.74, 6) is -2.36. The molecule has 1 atom stereocenters. The lowest BCUT2D eigenvalue weighted by Gasteiger charge is -2.00. The minimum Gasteiger partial charge on any atom is -0.481 e. The van der Waals surface area contributed by atoms with Gasteiger partial charge in [-0.3, -0.25) is 9.59 Å². The molecule has 0 aromatic carbocycles. The maximum absolute atomic E-state index is 12.4. The highest BCUT2D eigenvalue weighted by Gasteiger charge is 2.12. The summed E-state index contributed by atoms with van der Waals surface area (Å²) in [6, 6.07) is 0. The molecule has 0 spiro atoms. The van der Waals surface area contributed by atoms with Gasteiger partial charge < -0.3 is 10.2 Å². The van der Waals surface area contributed by atoms with Crippen molar-refractivity contribution in [3.05, 3.63) is 0 Å². The molecule has 11 heavy (non-hydrogen) atoms. The summed E-state index contributed by atoms with van der Waals surface area (Å²) in [6.45, 7) is 0. The molecule has 0 aliphatic heterocycles. The Morgan fingerprint density at radius 2 is 1.82 bits per heavy atom. The first-order valence-electron chi connectivity index (χ1n) is 3.10. The largest absolute Gasteiger partial charge is 0.481 e. The number of rotatable bonds is 5. The van der Waals surface area contributed by atoms with Gasteiger partial charge in [0.2, 0.25) is 0 Å². The second-order valence-electron chi connectivity index (χ2n) is 2.13. The van der Waals surface area contributed by atoms with Gasteiger partial charge in [0.15, 0.2) is 0 Å². The van der Waals surface area contributed by atoms with Crippen molar-refractivity contribution in [1.82, 2.24) is 0 Å². The van der Waals surface area contributed by atoms with Crippen molar-refractivity contribution in [2.45, 2.75) is 25.4 Å². The van der Waals surface area contributed by atoms with Crippen molar-refractivity contribution in [2.24, 2.45) is 0 Å². The van der Waals surface area contributed by atoms with E-state index in [1.165, 1.54) is 0 Å². The lowest BCUT2D eigenvalue weighted by molar-refractivity contribution is -0.140. The Hall–Kier alpha value is -1.13. The summed E-state index contributed by atoms with van der Waals surface area (Å²) in [6.07, 6.45) is -2.73. The third kappa shape index (κ3) is 6.76. The summed E-state index contributed by atoms with van der Waals surface area (Å²) in [5.41, 5.74) is 0. The lowest BCUT2D eigenvalue weighted by Crippen LogP contribution is -2.10. The van der Waals surface area contributed by atoms with Crippen LogP contribution in [0.3, 0.4) is 0 Å². The molecule has 2 N–H and O–H groups in total. The van der Waals surface area contributed by atoms with Crippen LogP contribution in [0.15, 0.2) is 0 Å². The molecule has 0 radical (unpaired) electrons. The van der Waals surface area contributed by atoms with E-state index in [1.807, 2.05) is 0 Å². The number of carbonyl (C=O) groups is 2. The van der Waals surface area contributed by atoms with Crippen molar-refractivity contribution >= 4 is 11.9 Å². The minimum absolute atomic E-state index is 0.234. The molecule has 0 fully saturated rings. The first-order chi connectivity index (χ1) is 5.02. The fourth-order valence-electron chi connectivity index (χ4n) is 0.572. The van der Waals surface area contributed by atoms with E-state index in [-0.39, 0.29) is 12.8 Å². The van der Waals surface area contributed by atoms with Crippen molar-refractivity contribution < 1.29 is 24.2 Å². The van der Waals surface area contributed by atoms with Gasteiger partial charge in [0, 0.05) is 6.42 Å². The van der Waals surface area contributed by atoms with E-state index in [4.69, 9.17) is 10.2 Å². The maximum Gasteiger partial charge on any atom is 0.306 e. The number of hydrogen-bond acceptors (Lipinski definition) is 2. The zero-order valence-corrected chi connectivity index (χ0v) is 5.79. The summed E-state index contributed by atoms with van der Waals surface area (Å²) in [5, 5.41) is 16.1. The Balaban J connectivity index is 3.44. The molecule has 0 aliphatic carbocycles. The van der Waals surface area contributed by atoms with Crippen LogP contribution >= 0.6 is 0 Å². The van der Waals surface area contributed by atoms with Gasteiger partial charge in [0.25, 0.3) is 0 Å². The highest BCUT2D eigenvalue weighted by Crippen LogP contribution is 2.05. The number of alkyl halides is 1. The highest BCUT2D eigenvalue weighted by molar-refractivity contribution is 5.68. The second kappa shape index (κ2) is 4.65. The van der Waals surface area contributed by atoms with Crippen molar-refractivity contribution in [3.8, 4) is 0 Å². The van der Waals surface area contributed by atoms with Gasteiger partial charge in [0.05, 0.1) is 6.42 Å². The molecule has 0 rings (SSSR count). The molecule has 0 amide bonds. The summed E-state index contributed by atoms with van der Waals surface area (Å²) >= 11 is 0. The van der Waals surface area contributed by atoms with Crippen molar-refractivity contribution in [2.75, 3.05) is 0 Å². The molecule has 5 heteroatoms. The number of carboxylic acid groups (broad SMARTS) is 2. The van der Waals surface area contributed by atoms with Gasteiger partial charge in [-0.25, -0.2) is 4.39 Å². The Labute approximate surface area is 62.6 Å². The SMILES string of the molecule is O=C(O)CCC(F)CC(=O)O. The van der Waals surface area contributed by atoms with E-state index in [0.717, 1.165) is 0 Å². The van der Waals surface area contributed by atoms with E-state index < -0.39 is 24.5 Å². The number of carboxylic acids is 2. The van der Waals surface area contributed by atoms with E-state index >= 15 is 0 Å². The van der Waals surface area contributed by atoms with Crippen LogP contribution in [0.4, 0.5) is 4.39 Å². The van der Waals surface area contributed by atoms with Crippen LogP contribution in [0.25, 0.3) is 0 Å². The van der Waals surface area contributed by atoms with Gasteiger partial charge in [0.1, 0.15) is 6.17 Å². The number of halogens is 1. The predicted octanol–water partition coefficient (Wildman–Crippen LogP) is 0.664. The minimum atomic E-state index is -1.55. The van der Waals surface area contributed by atoms with Crippen LogP contribution in [-0.4, -0.2) is 28.3 Å². The van der Waals surface area contributed by atoms with Crippen LogP contribution in [0.5, 0.6) is 0 Å². The smallest absolute Gasteiger partial charge is 0.306 e. The van der Waals surface area contributed by atoms with Crippen LogP contribution in [0.2, 0.25) is 0 Å². The molecule has 1 unspecified atom stereocenters. The van der Waals surface area contributed by atoms with E-state index in [2.05, 4.69) is 0 Å². The lowest BCUT2D eigenvalue weighted by atomic mass is 10.1. The van der Waals surface area contributed by atoms with E-state index in [1.54, 1.807) is 0 Å². The fourth-order valence-corrected chi connectivity index (χ4v) is 0.572. The van der Waals surface area contributed by atoms with Crippen LogP contribution in [0, 0.1) is 0 Å². The fraction of sp³-hybridized carbons (Fsp3) is 0.667. The Bertz CT molecular complexity index is 157. The van der Waals surface area contributed by atoms with Crippen molar-refractivity contribution in [3.63, 3.8) is 0 Å². The molecular formula is C6H9FO4. The third-order valence-corrected chi connectivity index (χ3v) is 1.07. The summed E-state index contributed by atoms with van der Waals surface area (Å²) < 4.78 is 12.4. The number of hydrogen-bond donors (Lipinski definition) is 2. The average Bonchev–Trinajstić information content (AvgIpc) is 1.82. The summed E-state index contributed by atoms with van der Waals surface area (Å²) in [7, 11) is 0. The van der Waals surface area contributed by atoms with Gasteiger partial charge in [-0.2, -0.15) is 0 Å². The van der Waals surface area contributed by atoms with Gasteiger partial charge in [-0.1, -0.05) is 0 Å². The molecule has 64 valence electrons. The molecule has 0 bridgehead atoms. The number of aliphatic carboxylic acids is 2. The average molecular weight is 164 g/mol. The van der Waals surface area contributed by atoms with E-state index in [0.29, 0.717) is 0 Å². The molecular weight excluding hydrogens is 155 g/mol. The van der Waals surface area contributed by atoms with Crippen LogP contribution in [-0.2, 0) is 9.59 Å². The van der Waals surface area contributed by atoms with Crippen molar-refractivity contribution in [1.29, 1.82) is 0 Å². The van der Waals surface area contributed by atoms with E-state index in [9.17, 15) is 14.0 Å². The molecule has 0 saturated carbocycles. The quantitative estimate of drug-likeness (QED) is 0.626. The first-order valence-corrected chi connectivity index (χ1v) is 3.10. The third-order valence-electron chi connectivity index (χ3n) is 1.07. The van der Waals surface area contributed by atoms with Crippen LogP contribution in [0.1, 0.15) is 19.3 Å². The Morgan fingerprint density at radius 1 is 1.27 bits per heavy atom. The normalized spacial score (nSPS) is 12.5. The van der Waals surface area contributed by atoms with Gasteiger partial charge in [-0.15, -0.1) is 0 Å². The zero-order valence-electron chi connectivity index (χ0n) is 5.79. The molecule has 0 aliphatic rings. The second-order valence-corrected chi connectivity index (χ2v) is 2.13. The molecule has 0 aromatic rings. The molecule has 4 nitrogen and oxygen atoms in total. The van der Waals surface area contributed by atoms with Crippen LogP contribution < -0.4 is 0 Å². The Kier molecular flexibility index (Phi) is 4.17. The molecule has 0 aromatic heterocycles. The predicted molar refractivity (Wildman–Crippen MR) is 34.0 cm³/mol. The maximum atomic E-state index is 12.4. The standard InChI is InChI=1S/C6H9FO4/c7-4(3-6(10)11)1-2-5(8)9/h4H,1-3H2,(H,8,9)(H,10,11). The Morgan fingerprint density at radius 3 is 2.18 bits per heavy atom. The first kappa shape index (κ1) is 9.87. The van der Waals surface area contributed by atoms with Gasteiger partial charge in [-0.05, 0) is 6.42 Å². The molecule has 0 saturated heterocycles.